The van der Waals surface area contributed by atoms with Gasteiger partial charge in [-0.25, -0.2) is 13.9 Å². The average Bonchev–Trinajstić information content (AvgIpc) is 2.48. The van der Waals surface area contributed by atoms with Crippen LogP contribution in [-0.4, -0.2) is 79.2 Å². The van der Waals surface area contributed by atoms with E-state index in [4.69, 9.17) is 37.6 Å². The maximum absolute atomic E-state index is 12.3. The molecule has 0 spiro atoms. The number of carbonyl (C=O) groups is 1. The lowest BCUT2D eigenvalue weighted by Gasteiger charge is -2.23. The summed E-state index contributed by atoms with van der Waals surface area (Å²) >= 11 is 0. The van der Waals surface area contributed by atoms with Crippen molar-refractivity contribution in [2.75, 3.05) is 54.1 Å². The molecule has 28 heavy (non-hydrogen) atoms. The Morgan fingerprint density at radius 1 is 0.964 bits per heavy atom. The van der Waals surface area contributed by atoms with Crippen LogP contribution in [0, 0.1) is 0 Å². The molecular weight excluding hydrogens is 416 g/mol. The molecule has 0 bridgehead atoms. The molecule has 0 fully saturated rings. The lowest BCUT2D eigenvalue weighted by atomic mass is 10.3. The molecular formula is C15H34NO10P2+. The first kappa shape index (κ1) is 29.6. The molecule has 0 rings (SSSR count). The minimum Gasteiger partial charge on any atom is -0.460 e. The third-order valence-electron chi connectivity index (χ3n) is 2.67. The van der Waals surface area contributed by atoms with Crippen LogP contribution in [0.1, 0.15) is 26.7 Å². The number of phosphoric acid groups is 2. The highest BCUT2D eigenvalue weighted by Gasteiger charge is 2.26. The van der Waals surface area contributed by atoms with E-state index in [0.29, 0.717) is 12.2 Å². The van der Waals surface area contributed by atoms with E-state index >= 15 is 0 Å². The third-order valence-corrected chi connectivity index (χ3v) is 4.25. The zero-order valence-electron chi connectivity index (χ0n) is 17.2. The molecule has 0 saturated carbocycles. The normalized spacial score (nSPS) is 13.9. The molecule has 0 aliphatic heterocycles. The van der Waals surface area contributed by atoms with Gasteiger partial charge in [-0.1, -0.05) is 6.58 Å². The Kier molecular flexibility index (Phi) is 15.2. The summed E-state index contributed by atoms with van der Waals surface area (Å²) < 4.78 is 42.4. The molecule has 1 atom stereocenters. The Hall–Kier alpha value is -0.610. The highest BCUT2D eigenvalue weighted by molar-refractivity contribution is 7.48. The second-order valence-corrected chi connectivity index (χ2v) is 9.38. The Morgan fingerprint density at radius 3 is 1.89 bits per heavy atom. The average molecular weight is 450 g/mol. The maximum Gasteiger partial charge on any atom is 0.474 e. The number of rotatable bonds is 13. The summed E-state index contributed by atoms with van der Waals surface area (Å²) in [5, 5.41) is 0. The second-order valence-electron chi connectivity index (χ2n) is 6.68. The van der Waals surface area contributed by atoms with Crippen LogP contribution >= 0.6 is 15.6 Å². The number of hydrogen-bond acceptors (Lipinski definition) is 7. The van der Waals surface area contributed by atoms with Gasteiger partial charge in [-0.2, -0.15) is 0 Å². The van der Waals surface area contributed by atoms with E-state index in [1.54, 1.807) is 13.8 Å². The molecule has 0 heterocycles. The molecule has 0 aliphatic rings. The minimum absolute atomic E-state index is 0.0341. The van der Waals surface area contributed by atoms with Gasteiger partial charge in [-0.15, -0.1) is 0 Å². The summed E-state index contributed by atoms with van der Waals surface area (Å²) in [6.45, 7) is 8.13. The van der Waals surface area contributed by atoms with Crippen molar-refractivity contribution in [3.05, 3.63) is 12.2 Å². The Balaban J connectivity index is 0. The van der Waals surface area contributed by atoms with Gasteiger partial charge in [0, 0.05) is 5.57 Å². The van der Waals surface area contributed by atoms with E-state index in [1.807, 2.05) is 0 Å². The zero-order chi connectivity index (χ0) is 22.4. The number of phosphoric ester groups is 1. The molecule has 11 nitrogen and oxygen atoms in total. The quantitative estimate of drug-likeness (QED) is 0.125. The SMILES string of the molecule is C=C(C)C(=O)OCCOP(=O)(OCC)OCCCC[N+](C)(C)C.O=P(O)(O)O. The van der Waals surface area contributed by atoms with Gasteiger partial charge in [-0.05, 0) is 26.7 Å². The molecule has 3 N–H and O–H groups in total. The van der Waals surface area contributed by atoms with Crippen LogP contribution in [-0.2, 0) is 32.2 Å². The van der Waals surface area contributed by atoms with Crippen molar-refractivity contribution in [2.45, 2.75) is 26.7 Å². The predicted octanol–water partition coefficient (Wildman–Crippen LogP) is 1.84. The largest absolute Gasteiger partial charge is 0.474 e. The van der Waals surface area contributed by atoms with E-state index in [0.717, 1.165) is 23.9 Å². The van der Waals surface area contributed by atoms with Crippen molar-refractivity contribution >= 4 is 21.6 Å². The molecule has 13 heteroatoms. The summed E-state index contributed by atoms with van der Waals surface area (Å²) in [5.41, 5.74) is 0.298. The first-order valence-electron chi connectivity index (χ1n) is 8.54. The fourth-order valence-corrected chi connectivity index (χ4v) is 2.73. The van der Waals surface area contributed by atoms with Gasteiger partial charge in [0.1, 0.15) is 6.61 Å². The van der Waals surface area contributed by atoms with Crippen LogP contribution in [0.3, 0.4) is 0 Å². The second kappa shape index (κ2) is 14.4. The van der Waals surface area contributed by atoms with Gasteiger partial charge in [-0.3, -0.25) is 13.6 Å². The van der Waals surface area contributed by atoms with Crippen molar-refractivity contribution in [2.24, 2.45) is 0 Å². The maximum atomic E-state index is 12.3. The van der Waals surface area contributed by atoms with Crippen molar-refractivity contribution in [3.63, 3.8) is 0 Å². The third kappa shape index (κ3) is 23.4. The van der Waals surface area contributed by atoms with E-state index in [9.17, 15) is 9.36 Å². The number of carbonyl (C=O) groups excluding carboxylic acids is 1. The molecule has 0 aliphatic carbocycles. The van der Waals surface area contributed by atoms with Crippen molar-refractivity contribution in [1.82, 2.24) is 0 Å². The van der Waals surface area contributed by atoms with Gasteiger partial charge in [0.15, 0.2) is 0 Å². The van der Waals surface area contributed by atoms with Gasteiger partial charge in [0.2, 0.25) is 0 Å². The summed E-state index contributed by atoms with van der Waals surface area (Å²) in [7, 11) is -1.90. The predicted molar refractivity (Wildman–Crippen MR) is 103 cm³/mol. The Bertz CT molecular complexity index is 547. The zero-order valence-corrected chi connectivity index (χ0v) is 19.0. The topological polar surface area (TPSA) is 149 Å². The summed E-state index contributed by atoms with van der Waals surface area (Å²) in [4.78, 5) is 32.8. The van der Waals surface area contributed by atoms with Crippen LogP contribution < -0.4 is 0 Å². The van der Waals surface area contributed by atoms with Gasteiger partial charge in [0.05, 0.1) is 47.5 Å². The van der Waals surface area contributed by atoms with E-state index in [1.165, 1.54) is 0 Å². The van der Waals surface area contributed by atoms with Gasteiger partial charge in [0.25, 0.3) is 0 Å². The number of quaternary nitrogens is 1. The molecule has 0 saturated heterocycles. The molecule has 0 aromatic rings. The molecule has 0 amide bonds. The standard InChI is InChI=1S/C15H31NO6P.H3O4P/c1-7-20-23(18,21-11-9-8-10-16(4,5)6)22-13-12-19-15(17)14(2)3;1-5(2,3)4/h2,7-13H2,1,3-6H3;(H3,1,2,3,4)/q+1;. The molecule has 0 aromatic carbocycles. The Morgan fingerprint density at radius 2 is 1.46 bits per heavy atom. The highest BCUT2D eigenvalue weighted by atomic mass is 31.2. The summed E-state index contributed by atoms with van der Waals surface area (Å²) in [6, 6.07) is 0. The smallest absolute Gasteiger partial charge is 0.460 e. The number of esters is 1. The van der Waals surface area contributed by atoms with Gasteiger partial charge >= 0.3 is 21.6 Å². The van der Waals surface area contributed by atoms with E-state index in [2.05, 4.69) is 27.7 Å². The first-order chi connectivity index (χ1) is 12.6. The highest BCUT2D eigenvalue weighted by Crippen LogP contribution is 2.49. The van der Waals surface area contributed by atoms with Crippen LogP contribution in [0.5, 0.6) is 0 Å². The van der Waals surface area contributed by atoms with E-state index < -0.39 is 21.6 Å². The van der Waals surface area contributed by atoms with Crippen LogP contribution in [0.2, 0.25) is 0 Å². The first-order valence-corrected chi connectivity index (χ1v) is 11.6. The Labute approximate surface area is 166 Å². The molecule has 168 valence electrons. The van der Waals surface area contributed by atoms with E-state index in [-0.39, 0.29) is 19.8 Å². The number of nitrogens with zero attached hydrogens (tertiary/aromatic N) is 1. The summed E-state index contributed by atoms with van der Waals surface area (Å²) in [5.74, 6) is -0.513. The minimum atomic E-state index is -4.64. The fourth-order valence-electron chi connectivity index (χ4n) is 1.54. The molecule has 0 radical (unpaired) electrons. The lowest BCUT2D eigenvalue weighted by molar-refractivity contribution is -0.870. The number of hydrogen-bond donors (Lipinski definition) is 3. The molecule has 0 aromatic heterocycles. The molecule has 1 unspecified atom stereocenters. The number of ether oxygens (including phenoxy) is 1. The van der Waals surface area contributed by atoms with Crippen molar-refractivity contribution < 1.29 is 51.4 Å². The number of unbranched alkanes of at least 4 members (excludes halogenated alkanes) is 1. The summed E-state index contributed by atoms with van der Waals surface area (Å²) in [6.07, 6.45) is 1.71. The van der Waals surface area contributed by atoms with Crippen molar-refractivity contribution in [3.8, 4) is 0 Å². The van der Waals surface area contributed by atoms with Gasteiger partial charge < -0.3 is 23.9 Å². The van der Waals surface area contributed by atoms with Crippen LogP contribution in [0.15, 0.2) is 12.2 Å². The monoisotopic (exact) mass is 450 g/mol. The van der Waals surface area contributed by atoms with Crippen LogP contribution in [0.4, 0.5) is 0 Å². The fraction of sp³-hybridized carbons (Fsp3) is 0.800. The van der Waals surface area contributed by atoms with Crippen LogP contribution in [0.25, 0.3) is 0 Å². The van der Waals surface area contributed by atoms with Crippen molar-refractivity contribution in [1.29, 1.82) is 0 Å². The lowest BCUT2D eigenvalue weighted by Crippen LogP contribution is -2.35.